The van der Waals surface area contributed by atoms with Crippen LogP contribution in [0, 0.1) is 10.1 Å². The molecule has 1 aromatic carbocycles. The van der Waals surface area contributed by atoms with Crippen LogP contribution in [-0.2, 0) is 16.6 Å². The van der Waals surface area contributed by atoms with Crippen LogP contribution in [0.4, 0.5) is 5.69 Å². The van der Waals surface area contributed by atoms with E-state index in [0.717, 1.165) is 11.8 Å². The molecule has 0 amide bonds. The summed E-state index contributed by atoms with van der Waals surface area (Å²) in [4.78, 5) is 16.6. The van der Waals surface area contributed by atoms with Crippen LogP contribution >= 0.6 is 0 Å². The second kappa shape index (κ2) is 7.99. The molecule has 0 atom stereocenters. The molecule has 0 saturated carbocycles. The van der Waals surface area contributed by atoms with Gasteiger partial charge in [0.05, 0.1) is 17.7 Å². The number of pyridine rings is 1. The van der Waals surface area contributed by atoms with Crippen molar-refractivity contribution in [1.29, 1.82) is 0 Å². The summed E-state index contributed by atoms with van der Waals surface area (Å²) in [5.41, 5.74) is 0.636. The number of hydrogen-bond donors (Lipinski definition) is 0. The highest BCUT2D eigenvalue weighted by Crippen LogP contribution is 2.31. The van der Waals surface area contributed by atoms with Crippen molar-refractivity contribution in [2.24, 2.45) is 0 Å². The minimum Gasteiger partial charge on any atom is -0.495 e. The number of sulfonamides is 1. The Bertz CT molecular complexity index is 912. The summed E-state index contributed by atoms with van der Waals surface area (Å²) in [6, 6.07) is 9.27. The largest absolute Gasteiger partial charge is 0.495 e. The Kier molecular flexibility index (Phi) is 5.68. The molecule has 0 spiro atoms. The van der Waals surface area contributed by atoms with Gasteiger partial charge in [0.1, 0.15) is 10.6 Å². The lowest BCUT2D eigenvalue weighted by Crippen LogP contribution is -2.48. The van der Waals surface area contributed by atoms with Crippen molar-refractivity contribution >= 4 is 15.7 Å². The maximum Gasteiger partial charge on any atom is 0.271 e. The third-order valence-corrected chi connectivity index (χ3v) is 6.34. The Labute approximate surface area is 157 Å². The number of nitro benzene ring substituents is 1. The Balaban J connectivity index is 1.75. The number of nitro groups is 1. The van der Waals surface area contributed by atoms with Crippen LogP contribution in [0.3, 0.4) is 0 Å². The highest BCUT2D eigenvalue weighted by atomic mass is 32.2. The molecule has 2 aromatic rings. The third kappa shape index (κ3) is 4.24. The van der Waals surface area contributed by atoms with Crippen LogP contribution in [-0.4, -0.2) is 60.8 Å². The Morgan fingerprint density at radius 3 is 2.52 bits per heavy atom. The fraction of sp³-hybridized carbons (Fsp3) is 0.353. The quantitative estimate of drug-likeness (QED) is 0.542. The van der Waals surface area contributed by atoms with Gasteiger partial charge in [0.2, 0.25) is 10.0 Å². The molecule has 144 valence electrons. The first-order chi connectivity index (χ1) is 12.9. The van der Waals surface area contributed by atoms with E-state index in [1.165, 1.54) is 23.5 Å². The monoisotopic (exact) mass is 392 g/mol. The summed E-state index contributed by atoms with van der Waals surface area (Å²) in [6.07, 6.45) is 1.73. The minimum atomic E-state index is -3.90. The van der Waals surface area contributed by atoms with E-state index < -0.39 is 14.9 Å². The molecule has 1 aliphatic heterocycles. The molecule has 2 heterocycles. The van der Waals surface area contributed by atoms with E-state index in [4.69, 9.17) is 4.74 Å². The lowest BCUT2D eigenvalue weighted by molar-refractivity contribution is -0.385. The van der Waals surface area contributed by atoms with Crippen molar-refractivity contribution in [3.05, 3.63) is 58.4 Å². The van der Waals surface area contributed by atoms with E-state index in [1.54, 1.807) is 6.20 Å². The normalized spacial score (nSPS) is 16.2. The number of aromatic nitrogens is 1. The lowest BCUT2D eigenvalue weighted by Gasteiger charge is -2.33. The number of nitrogens with zero attached hydrogens (tertiary/aromatic N) is 4. The maximum absolute atomic E-state index is 13.0. The molecule has 27 heavy (non-hydrogen) atoms. The van der Waals surface area contributed by atoms with Gasteiger partial charge in [-0.05, 0) is 18.2 Å². The molecular formula is C17H20N4O5S. The summed E-state index contributed by atoms with van der Waals surface area (Å²) >= 11 is 0. The summed E-state index contributed by atoms with van der Waals surface area (Å²) < 4.78 is 32.4. The van der Waals surface area contributed by atoms with Gasteiger partial charge in [-0.15, -0.1) is 0 Å². The number of rotatable bonds is 6. The molecule has 9 nitrogen and oxygen atoms in total. The summed E-state index contributed by atoms with van der Waals surface area (Å²) in [6.45, 7) is 2.33. The van der Waals surface area contributed by atoms with Gasteiger partial charge in [-0.25, -0.2) is 8.42 Å². The van der Waals surface area contributed by atoms with E-state index in [0.29, 0.717) is 32.7 Å². The zero-order valence-electron chi connectivity index (χ0n) is 14.8. The zero-order chi connectivity index (χ0) is 19.4. The molecule has 1 fully saturated rings. The Morgan fingerprint density at radius 2 is 1.93 bits per heavy atom. The molecule has 1 aliphatic rings. The van der Waals surface area contributed by atoms with Crippen molar-refractivity contribution < 1.29 is 18.1 Å². The molecule has 0 aliphatic carbocycles. The van der Waals surface area contributed by atoms with Crippen molar-refractivity contribution in [2.45, 2.75) is 11.4 Å². The van der Waals surface area contributed by atoms with Gasteiger partial charge in [-0.2, -0.15) is 4.31 Å². The number of methoxy groups -OCH3 is 1. The van der Waals surface area contributed by atoms with Crippen molar-refractivity contribution in [3.8, 4) is 5.75 Å². The average Bonchev–Trinajstić information content (AvgIpc) is 2.68. The summed E-state index contributed by atoms with van der Waals surface area (Å²) in [5, 5.41) is 11.0. The van der Waals surface area contributed by atoms with Gasteiger partial charge >= 0.3 is 0 Å². The first-order valence-corrected chi connectivity index (χ1v) is 9.80. The third-order valence-electron chi connectivity index (χ3n) is 4.42. The van der Waals surface area contributed by atoms with Crippen molar-refractivity contribution in [1.82, 2.24) is 14.2 Å². The lowest BCUT2D eigenvalue weighted by atomic mass is 10.3. The average molecular weight is 392 g/mol. The van der Waals surface area contributed by atoms with E-state index in [1.807, 2.05) is 18.2 Å². The SMILES string of the molecule is COc1ccc([N+](=O)[O-])cc1S(=O)(=O)N1CCN(Cc2ccccn2)CC1. The topological polar surface area (TPSA) is 106 Å². The second-order valence-electron chi connectivity index (χ2n) is 6.09. The smallest absolute Gasteiger partial charge is 0.271 e. The number of benzene rings is 1. The fourth-order valence-electron chi connectivity index (χ4n) is 2.97. The maximum atomic E-state index is 13.0. The second-order valence-corrected chi connectivity index (χ2v) is 8.00. The Hall–Kier alpha value is -2.56. The van der Waals surface area contributed by atoms with Gasteiger partial charge in [0.25, 0.3) is 5.69 Å². The molecule has 0 radical (unpaired) electrons. The van der Waals surface area contributed by atoms with Gasteiger partial charge in [-0.3, -0.25) is 20.0 Å². The fourth-order valence-corrected chi connectivity index (χ4v) is 4.57. The zero-order valence-corrected chi connectivity index (χ0v) is 15.6. The van der Waals surface area contributed by atoms with Crippen molar-refractivity contribution in [3.63, 3.8) is 0 Å². The van der Waals surface area contributed by atoms with E-state index in [9.17, 15) is 18.5 Å². The standard InChI is InChI=1S/C17H20N4O5S/c1-26-16-6-5-15(21(22)23)12-17(16)27(24,25)20-10-8-19(9-11-20)13-14-4-2-3-7-18-14/h2-7,12H,8-11,13H2,1H3. The molecule has 10 heteroatoms. The van der Waals surface area contributed by atoms with Crippen LogP contribution in [0.25, 0.3) is 0 Å². The van der Waals surface area contributed by atoms with Gasteiger partial charge in [0.15, 0.2) is 0 Å². The molecule has 0 unspecified atom stereocenters. The molecule has 3 rings (SSSR count). The van der Waals surface area contributed by atoms with Crippen LogP contribution in [0.5, 0.6) is 5.75 Å². The summed E-state index contributed by atoms with van der Waals surface area (Å²) in [7, 11) is -2.56. The molecular weight excluding hydrogens is 372 g/mol. The number of ether oxygens (including phenoxy) is 1. The summed E-state index contributed by atoms with van der Waals surface area (Å²) in [5.74, 6) is 0.0940. The van der Waals surface area contributed by atoms with E-state index in [2.05, 4.69) is 9.88 Å². The molecule has 1 aromatic heterocycles. The van der Waals surface area contributed by atoms with Gasteiger partial charge < -0.3 is 4.74 Å². The number of piperazine rings is 1. The first-order valence-electron chi connectivity index (χ1n) is 8.36. The van der Waals surface area contributed by atoms with Gasteiger partial charge in [0, 0.05) is 51.1 Å². The molecule has 1 saturated heterocycles. The minimum absolute atomic E-state index is 0.0940. The highest BCUT2D eigenvalue weighted by molar-refractivity contribution is 7.89. The molecule has 0 bridgehead atoms. The number of hydrogen-bond acceptors (Lipinski definition) is 7. The van der Waals surface area contributed by atoms with Crippen LogP contribution in [0.2, 0.25) is 0 Å². The molecule has 0 N–H and O–H groups in total. The Morgan fingerprint density at radius 1 is 1.19 bits per heavy atom. The number of non-ortho nitro benzene ring substituents is 1. The van der Waals surface area contributed by atoms with Crippen LogP contribution in [0.15, 0.2) is 47.5 Å². The van der Waals surface area contributed by atoms with E-state index in [-0.39, 0.29) is 16.3 Å². The van der Waals surface area contributed by atoms with Gasteiger partial charge in [-0.1, -0.05) is 6.07 Å². The van der Waals surface area contributed by atoms with Crippen LogP contribution in [0.1, 0.15) is 5.69 Å². The predicted octanol–water partition coefficient (Wildman–Crippen LogP) is 1.50. The predicted molar refractivity (Wildman–Crippen MR) is 97.9 cm³/mol. The van der Waals surface area contributed by atoms with Crippen molar-refractivity contribution in [2.75, 3.05) is 33.3 Å². The first kappa shape index (κ1) is 19.2. The highest BCUT2D eigenvalue weighted by Gasteiger charge is 2.32. The van der Waals surface area contributed by atoms with E-state index >= 15 is 0 Å². The van der Waals surface area contributed by atoms with Crippen LogP contribution < -0.4 is 4.74 Å².